The fourth-order valence-electron chi connectivity index (χ4n) is 1.47. The smallest absolute Gasteiger partial charge is 0.312 e. The lowest BCUT2D eigenvalue weighted by Gasteiger charge is -2.14. The lowest BCUT2D eigenvalue weighted by molar-refractivity contribution is -0.114. The molecule has 0 unspecified atom stereocenters. The average Bonchev–Trinajstić information content (AvgIpc) is 2.49. The lowest BCUT2D eigenvalue weighted by Crippen LogP contribution is -1.98. The van der Waals surface area contributed by atoms with Crippen LogP contribution in [0.3, 0.4) is 0 Å². The third-order valence-electron chi connectivity index (χ3n) is 2.54. The predicted molar refractivity (Wildman–Crippen MR) is 53.4 cm³/mol. The number of rotatable bonds is 4. The normalized spacial score (nSPS) is 18.1. The van der Waals surface area contributed by atoms with Gasteiger partial charge in [0, 0.05) is 20.6 Å². The minimum absolute atomic E-state index is 0.138. The molecule has 1 aliphatic rings. The molecule has 0 bridgehead atoms. The first-order chi connectivity index (χ1) is 6.52. The number of allylic oxidation sites excluding steroid dienone is 2. The molecule has 4 nitrogen and oxygen atoms in total. The molecule has 14 heavy (non-hydrogen) atoms. The van der Waals surface area contributed by atoms with Crippen molar-refractivity contribution in [3.8, 4) is 0 Å². The van der Waals surface area contributed by atoms with Crippen LogP contribution in [0.15, 0.2) is 11.1 Å². The van der Waals surface area contributed by atoms with Crippen molar-refractivity contribution in [1.29, 1.82) is 0 Å². The van der Waals surface area contributed by atoms with Gasteiger partial charge in [0.2, 0.25) is 0 Å². The predicted octanol–water partition coefficient (Wildman–Crippen LogP) is 2.15. The van der Waals surface area contributed by atoms with Crippen molar-refractivity contribution in [3.63, 3.8) is 0 Å². The molecule has 1 rings (SSSR count). The molecule has 0 aromatic rings. The fourth-order valence-corrected chi connectivity index (χ4v) is 2.74. The first-order valence-corrected chi connectivity index (χ1v) is 6.17. The molecular weight excluding hydrogens is 203 g/mol. The van der Waals surface area contributed by atoms with Crippen LogP contribution in [0.4, 0.5) is 0 Å². The van der Waals surface area contributed by atoms with E-state index >= 15 is 0 Å². The van der Waals surface area contributed by atoms with Crippen LogP contribution in [-0.2, 0) is 18.4 Å². The van der Waals surface area contributed by atoms with Gasteiger partial charge in [0.05, 0.1) is 6.16 Å². The zero-order valence-corrected chi connectivity index (χ0v) is 9.60. The summed E-state index contributed by atoms with van der Waals surface area (Å²) in [5.41, 5.74) is 1.63. The maximum absolute atomic E-state index is 11.8. The van der Waals surface area contributed by atoms with Gasteiger partial charge in [-0.3, -0.25) is 9.36 Å². The Labute approximate surface area is 83.8 Å². The molecule has 0 N–H and O–H groups in total. The van der Waals surface area contributed by atoms with Gasteiger partial charge in [-0.25, -0.2) is 0 Å². The lowest BCUT2D eigenvalue weighted by atomic mass is 10.2. The Kier molecular flexibility index (Phi) is 3.65. The van der Waals surface area contributed by atoms with E-state index in [1.54, 1.807) is 6.92 Å². The van der Waals surface area contributed by atoms with E-state index in [1.807, 2.05) is 0 Å². The molecule has 0 fully saturated rings. The second-order valence-corrected chi connectivity index (χ2v) is 5.55. The van der Waals surface area contributed by atoms with Crippen molar-refractivity contribution in [2.24, 2.45) is 0 Å². The van der Waals surface area contributed by atoms with Gasteiger partial charge in [-0.15, -0.1) is 0 Å². The zero-order chi connectivity index (χ0) is 10.8. The SMILES string of the molecule is COP(=O)(CC1=C(C)C(=O)CC1)OC. The minimum atomic E-state index is -3.00. The molecule has 0 saturated carbocycles. The van der Waals surface area contributed by atoms with Gasteiger partial charge in [0.25, 0.3) is 0 Å². The van der Waals surface area contributed by atoms with Gasteiger partial charge in [-0.05, 0) is 18.9 Å². The van der Waals surface area contributed by atoms with E-state index in [0.717, 1.165) is 11.1 Å². The van der Waals surface area contributed by atoms with Gasteiger partial charge >= 0.3 is 7.60 Å². The first-order valence-electron chi connectivity index (χ1n) is 4.45. The van der Waals surface area contributed by atoms with Gasteiger partial charge in [0.15, 0.2) is 5.78 Å². The van der Waals surface area contributed by atoms with Crippen LogP contribution < -0.4 is 0 Å². The van der Waals surface area contributed by atoms with Gasteiger partial charge in [0.1, 0.15) is 0 Å². The fraction of sp³-hybridized carbons (Fsp3) is 0.667. The third kappa shape index (κ3) is 2.32. The van der Waals surface area contributed by atoms with Crippen LogP contribution in [0.2, 0.25) is 0 Å². The molecule has 0 saturated heterocycles. The van der Waals surface area contributed by atoms with Gasteiger partial charge in [-0.2, -0.15) is 0 Å². The number of hydrogen-bond acceptors (Lipinski definition) is 4. The number of ketones is 1. The summed E-state index contributed by atoms with van der Waals surface area (Å²) in [4.78, 5) is 11.2. The highest BCUT2D eigenvalue weighted by Gasteiger charge is 2.28. The molecule has 1 aliphatic carbocycles. The summed E-state index contributed by atoms with van der Waals surface area (Å²) in [5.74, 6) is 0.138. The molecule has 0 atom stereocenters. The van der Waals surface area contributed by atoms with Crippen molar-refractivity contribution in [2.75, 3.05) is 20.4 Å². The van der Waals surface area contributed by atoms with E-state index in [0.29, 0.717) is 12.8 Å². The summed E-state index contributed by atoms with van der Waals surface area (Å²) < 4.78 is 21.4. The maximum Gasteiger partial charge on any atom is 0.334 e. The quantitative estimate of drug-likeness (QED) is 0.678. The Bertz CT molecular complexity index is 311. The number of carbonyl (C=O) groups is 1. The Hall–Kier alpha value is -0.440. The molecule has 0 amide bonds. The molecule has 0 aliphatic heterocycles. The van der Waals surface area contributed by atoms with Crippen LogP contribution in [0, 0.1) is 0 Å². The molecule has 0 spiro atoms. The Balaban J connectivity index is 2.79. The molecule has 0 heterocycles. The number of Topliss-reactive ketones (excluding diaryl/α,β-unsaturated/α-hetero) is 1. The average molecular weight is 218 g/mol. The van der Waals surface area contributed by atoms with E-state index < -0.39 is 7.60 Å². The first kappa shape index (κ1) is 11.6. The summed E-state index contributed by atoms with van der Waals surface area (Å²) in [5, 5.41) is 0. The molecule has 0 radical (unpaired) electrons. The van der Waals surface area contributed by atoms with E-state index in [4.69, 9.17) is 9.05 Å². The maximum atomic E-state index is 11.8. The highest BCUT2D eigenvalue weighted by Crippen LogP contribution is 2.49. The molecular formula is C9H15O4P. The van der Waals surface area contributed by atoms with E-state index in [9.17, 15) is 9.36 Å². The minimum Gasteiger partial charge on any atom is -0.312 e. The standard InChI is InChI=1S/C9H15O4P/c1-7-8(4-5-9(7)10)6-14(11,12-2)13-3/h4-6H2,1-3H3. The van der Waals surface area contributed by atoms with Crippen LogP contribution in [0.25, 0.3) is 0 Å². The summed E-state index contributed by atoms with van der Waals surface area (Å²) in [7, 11) is -0.288. The van der Waals surface area contributed by atoms with Crippen molar-refractivity contribution in [3.05, 3.63) is 11.1 Å². The highest BCUT2D eigenvalue weighted by molar-refractivity contribution is 7.54. The Morgan fingerprint density at radius 3 is 2.21 bits per heavy atom. The van der Waals surface area contributed by atoms with Crippen LogP contribution in [0.1, 0.15) is 19.8 Å². The number of hydrogen-bond donors (Lipinski definition) is 0. The Morgan fingerprint density at radius 1 is 1.29 bits per heavy atom. The molecule has 0 aromatic heterocycles. The van der Waals surface area contributed by atoms with Crippen molar-refractivity contribution in [1.82, 2.24) is 0 Å². The van der Waals surface area contributed by atoms with E-state index in [-0.39, 0.29) is 11.9 Å². The molecule has 80 valence electrons. The van der Waals surface area contributed by atoms with Crippen molar-refractivity contribution < 1.29 is 18.4 Å². The van der Waals surface area contributed by atoms with Crippen molar-refractivity contribution >= 4 is 13.4 Å². The second-order valence-electron chi connectivity index (χ2n) is 3.29. The van der Waals surface area contributed by atoms with E-state index in [1.165, 1.54) is 14.2 Å². The zero-order valence-electron chi connectivity index (χ0n) is 8.70. The van der Waals surface area contributed by atoms with Gasteiger partial charge < -0.3 is 9.05 Å². The van der Waals surface area contributed by atoms with Crippen molar-refractivity contribution in [2.45, 2.75) is 19.8 Å². The Morgan fingerprint density at radius 2 is 1.86 bits per heavy atom. The topological polar surface area (TPSA) is 52.6 Å². The summed E-state index contributed by atoms with van der Waals surface area (Å²) in [6, 6.07) is 0. The summed E-state index contributed by atoms with van der Waals surface area (Å²) >= 11 is 0. The largest absolute Gasteiger partial charge is 0.334 e. The van der Waals surface area contributed by atoms with E-state index in [2.05, 4.69) is 0 Å². The molecule has 0 aromatic carbocycles. The summed E-state index contributed by atoms with van der Waals surface area (Å²) in [6.07, 6.45) is 1.44. The second kappa shape index (κ2) is 4.39. The summed E-state index contributed by atoms with van der Waals surface area (Å²) in [6.45, 7) is 1.76. The van der Waals surface area contributed by atoms with Crippen LogP contribution in [-0.4, -0.2) is 26.2 Å². The van der Waals surface area contributed by atoms with Crippen LogP contribution in [0.5, 0.6) is 0 Å². The third-order valence-corrected chi connectivity index (χ3v) is 4.42. The molecule has 5 heteroatoms. The van der Waals surface area contributed by atoms with Crippen LogP contribution >= 0.6 is 7.60 Å². The highest BCUT2D eigenvalue weighted by atomic mass is 31.2. The monoisotopic (exact) mass is 218 g/mol. The number of carbonyl (C=O) groups excluding carboxylic acids is 1. The van der Waals surface area contributed by atoms with Gasteiger partial charge in [-0.1, -0.05) is 5.57 Å².